The number of hydrogen-bond donors (Lipinski definition) is 0. The number of halogens is 1. The number of alkyl halides is 1. The fourth-order valence-corrected chi connectivity index (χ4v) is 3.27. The Bertz CT molecular complexity index is 237. The van der Waals surface area contributed by atoms with Gasteiger partial charge in [-0.25, -0.2) is 0 Å². The molecule has 0 spiro atoms. The van der Waals surface area contributed by atoms with Crippen LogP contribution in [0.25, 0.3) is 0 Å². The summed E-state index contributed by atoms with van der Waals surface area (Å²) in [5.74, 6) is 0.626. The van der Waals surface area contributed by atoms with E-state index in [9.17, 15) is 0 Å². The molecule has 0 bridgehead atoms. The summed E-state index contributed by atoms with van der Waals surface area (Å²) >= 11 is 5.91. The number of morpholine rings is 1. The summed E-state index contributed by atoms with van der Waals surface area (Å²) in [6.07, 6.45) is 14.3. The molecule has 0 aromatic rings. The number of hydrogen-bond acceptors (Lipinski definition) is 2. The average molecular weight is 318 g/mol. The summed E-state index contributed by atoms with van der Waals surface area (Å²) in [5.41, 5.74) is 0. The van der Waals surface area contributed by atoms with Gasteiger partial charge in [0.25, 0.3) is 0 Å². The number of ether oxygens (including phenoxy) is 1. The van der Waals surface area contributed by atoms with E-state index in [0.29, 0.717) is 11.9 Å². The van der Waals surface area contributed by atoms with Crippen LogP contribution in [-0.4, -0.2) is 42.6 Å². The molecule has 2 atom stereocenters. The predicted octanol–water partition coefficient (Wildman–Crippen LogP) is 5.24. The summed E-state index contributed by atoms with van der Waals surface area (Å²) < 4.78 is 5.70. The zero-order valence-corrected chi connectivity index (χ0v) is 15.0. The molecule has 1 fully saturated rings. The van der Waals surface area contributed by atoms with Gasteiger partial charge >= 0.3 is 0 Å². The van der Waals surface area contributed by atoms with Crippen molar-refractivity contribution in [2.24, 2.45) is 0 Å². The normalized spacial score (nSPS) is 23.6. The van der Waals surface area contributed by atoms with Crippen molar-refractivity contribution in [1.82, 2.24) is 4.90 Å². The maximum atomic E-state index is 5.91. The second-order valence-electron chi connectivity index (χ2n) is 6.64. The predicted molar refractivity (Wildman–Crippen MR) is 93.3 cm³/mol. The van der Waals surface area contributed by atoms with Crippen LogP contribution in [0.5, 0.6) is 0 Å². The van der Waals surface area contributed by atoms with Gasteiger partial charge in [0, 0.05) is 18.5 Å². The molecule has 21 heavy (non-hydrogen) atoms. The van der Waals surface area contributed by atoms with E-state index in [1.54, 1.807) is 0 Å². The highest BCUT2D eigenvalue weighted by atomic mass is 35.5. The Hall–Kier alpha value is 0.210. The molecule has 0 amide bonds. The van der Waals surface area contributed by atoms with Crippen LogP contribution in [0.2, 0.25) is 0 Å². The Balaban J connectivity index is 1.91. The third kappa shape index (κ3) is 9.05. The highest BCUT2D eigenvalue weighted by molar-refractivity contribution is 6.18. The Morgan fingerprint density at radius 1 is 0.952 bits per heavy atom. The van der Waals surface area contributed by atoms with Crippen molar-refractivity contribution in [2.45, 2.75) is 90.2 Å². The maximum absolute atomic E-state index is 5.91. The first-order valence-electron chi connectivity index (χ1n) is 9.19. The molecule has 0 aromatic carbocycles. The van der Waals surface area contributed by atoms with E-state index in [-0.39, 0.29) is 6.10 Å². The van der Waals surface area contributed by atoms with E-state index in [1.807, 2.05) is 0 Å². The maximum Gasteiger partial charge on any atom is 0.0837 e. The summed E-state index contributed by atoms with van der Waals surface area (Å²) in [5, 5.41) is 0. The second kappa shape index (κ2) is 12.7. The van der Waals surface area contributed by atoms with Crippen molar-refractivity contribution >= 4 is 11.6 Å². The fraction of sp³-hybridized carbons (Fsp3) is 1.00. The van der Waals surface area contributed by atoms with Crippen molar-refractivity contribution in [1.29, 1.82) is 0 Å². The highest BCUT2D eigenvalue weighted by Gasteiger charge is 2.24. The zero-order chi connectivity index (χ0) is 15.3. The first-order chi connectivity index (χ1) is 10.3. The Morgan fingerprint density at radius 3 is 2.10 bits per heavy atom. The quantitative estimate of drug-likeness (QED) is 0.361. The van der Waals surface area contributed by atoms with Crippen molar-refractivity contribution in [3.63, 3.8) is 0 Å². The number of unbranched alkanes of at least 4 members (excludes halogenated alkanes) is 9. The SMILES string of the molecule is CCCCCCCCCCCCN1CC(CCl)OCC1C. The van der Waals surface area contributed by atoms with Gasteiger partial charge in [0.2, 0.25) is 0 Å². The molecule has 2 nitrogen and oxygen atoms in total. The van der Waals surface area contributed by atoms with Crippen LogP contribution in [0, 0.1) is 0 Å². The topological polar surface area (TPSA) is 12.5 Å². The van der Waals surface area contributed by atoms with Gasteiger partial charge in [-0.1, -0.05) is 64.7 Å². The molecule has 1 aliphatic rings. The lowest BCUT2D eigenvalue weighted by molar-refractivity contribution is -0.0480. The first-order valence-corrected chi connectivity index (χ1v) is 9.73. The standard InChI is InChI=1S/C18H36ClNO/c1-3-4-5-6-7-8-9-10-11-12-13-20-15-18(14-19)21-16-17(20)2/h17-18H,3-16H2,1-2H3. The molecule has 0 aliphatic carbocycles. The van der Waals surface area contributed by atoms with E-state index in [2.05, 4.69) is 18.7 Å². The molecule has 0 aromatic heterocycles. The molecule has 1 rings (SSSR count). The lowest BCUT2D eigenvalue weighted by Crippen LogP contribution is -2.49. The minimum Gasteiger partial charge on any atom is -0.374 e. The van der Waals surface area contributed by atoms with Gasteiger partial charge in [0.1, 0.15) is 0 Å². The van der Waals surface area contributed by atoms with Crippen LogP contribution < -0.4 is 0 Å². The van der Waals surface area contributed by atoms with Crippen LogP contribution in [-0.2, 0) is 4.74 Å². The molecule has 1 saturated heterocycles. The van der Waals surface area contributed by atoms with E-state index in [4.69, 9.17) is 16.3 Å². The Labute approximate surface area is 137 Å². The molecule has 0 N–H and O–H groups in total. The summed E-state index contributed by atoms with van der Waals surface area (Å²) in [6, 6.07) is 0.558. The van der Waals surface area contributed by atoms with E-state index >= 15 is 0 Å². The molecule has 3 heteroatoms. The monoisotopic (exact) mass is 317 g/mol. The Kier molecular flexibility index (Phi) is 11.7. The van der Waals surface area contributed by atoms with E-state index in [1.165, 1.54) is 70.8 Å². The van der Waals surface area contributed by atoms with Gasteiger partial charge in [-0.2, -0.15) is 0 Å². The lowest BCUT2D eigenvalue weighted by atomic mass is 10.1. The highest BCUT2D eigenvalue weighted by Crippen LogP contribution is 2.15. The number of nitrogens with zero attached hydrogens (tertiary/aromatic N) is 1. The number of rotatable bonds is 12. The van der Waals surface area contributed by atoms with Crippen LogP contribution in [0.3, 0.4) is 0 Å². The average Bonchev–Trinajstić information content (AvgIpc) is 2.51. The molecular weight excluding hydrogens is 282 g/mol. The van der Waals surface area contributed by atoms with E-state index in [0.717, 1.165) is 13.2 Å². The van der Waals surface area contributed by atoms with Gasteiger partial charge in [0.05, 0.1) is 12.7 Å². The first kappa shape index (κ1) is 19.3. The minimum atomic E-state index is 0.242. The third-order valence-corrected chi connectivity index (χ3v) is 4.95. The van der Waals surface area contributed by atoms with Crippen molar-refractivity contribution < 1.29 is 4.74 Å². The smallest absolute Gasteiger partial charge is 0.0837 e. The van der Waals surface area contributed by atoms with Crippen LogP contribution in [0.15, 0.2) is 0 Å². The third-order valence-electron chi connectivity index (χ3n) is 4.61. The van der Waals surface area contributed by atoms with Crippen molar-refractivity contribution in [3.8, 4) is 0 Å². The van der Waals surface area contributed by atoms with Gasteiger partial charge in [-0.15, -0.1) is 11.6 Å². The van der Waals surface area contributed by atoms with Crippen LogP contribution >= 0.6 is 11.6 Å². The van der Waals surface area contributed by atoms with Gasteiger partial charge in [0.15, 0.2) is 0 Å². The van der Waals surface area contributed by atoms with E-state index < -0.39 is 0 Å². The molecule has 0 radical (unpaired) electrons. The Morgan fingerprint density at radius 2 is 1.52 bits per heavy atom. The van der Waals surface area contributed by atoms with Gasteiger partial charge < -0.3 is 4.74 Å². The fourth-order valence-electron chi connectivity index (χ4n) is 3.08. The van der Waals surface area contributed by atoms with Crippen molar-refractivity contribution in [2.75, 3.05) is 25.6 Å². The van der Waals surface area contributed by atoms with Gasteiger partial charge in [-0.05, 0) is 19.9 Å². The molecular formula is C18H36ClNO. The van der Waals surface area contributed by atoms with Crippen molar-refractivity contribution in [3.05, 3.63) is 0 Å². The molecule has 2 unspecified atom stereocenters. The van der Waals surface area contributed by atoms with Crippen LogP contribution in [0.1, 0.15) is 78.1 Å². The lowest BCUT2D eigenvalue weighted by Gasteiger charge is -2.37. The van der Waals surface area contributed by atoms with Crippen LogP contribution in [0.4, 0.5) is 0 Å². The second-order valence-corrected chi connectivity index (χ2v) is 6.94. The molecule has 1 aliphatic heterocycles. The molecule has 1 heterocycles. The summed E-state index contributed by atoms with van der Waals surface area (Å²) in [4.78, 5) is 2.56. The zero-order valence-electron chi connectivity index (χ0n) is 14.3. The largest absolute Gasteiger partial charge is 0.374 e. The summed E-state index contributed by atoms with van der Waals surface area (Å²) in [7, 11) is 0. The minimum absolute atomic E-state index is 0.242. The molecule has 126 valence electrons. The van der Waals surface area contributed by atoms with Gasteiger partial charge in [-0.3, -0.25) is 4.90 Å². The summed E-state index contributed by atoms with van der Waals surface area (Å²) in [6.45, 7) is 7.62. The molecule has 0 saturated carbocycles.